The van der Waals surface area contributed by atoms with Crippen molar-refractivity contribution < 1.29 is 4.74 Å². The topological polar surface area (TPSA) is 44.2 Å². The van der Waals surface area contributed by atoms with Crippen molar-refractivity contribution in [2.75, 3.05) is 81.9 Å². The Balaban J connectivity index is 0.00000232. The molecule has 0 radical (unpaired) electrons. The van der Waals surface area contributed by atoms with E-state index >= 15 is 0 Å². The van der Waals surface area contributed by atoms with E-state index in [-0.39, 0.29) is 30.4 Å². The number of pyridine rings is 1. The lowest BCUT2D eigenvalue weighted by atomic mass is 10.1. The molecule has 5 heterocycles. The van der Waals surface area contributed by atoms with Gasteiger partial charge in [-0.25, -0.2) is 0 Å². The normalized spacial score (nSPS) is 15.6. The number of halogens is 2. The first-order valence-electron chi connectivity index (χ1n) is 18.3. The molecule has 0 unspecified atom stereocenters. The lowest BCUT2D eigenvalue weighted by Crippen LogP contribution is -2.46. The molecule has 6 aromatic rings. The molecular weight excluding hydrogens is 730 g/mol. The average molecular weight is 779 g/mol. The van der Waals surface area contributed by atoms with Crippen LogP contribution in [0.1, 0.15) is 25.7 Å². The number of benzene rings is 3. The number of thiophene rings is 2. The maximum atomic E-state index is 13.0. The number of aryl methyl sites for hydroxylation is 1. The number of anilines is 2. The first kappa shape index (κ1) is 38.4. The Bertz CT molecular complexity index is 2100. The van der Waals surface area contributed by atoms with E-state index in [4.69, 9.17) is 4.74 Å². The monoisotopic (exact) mass is 777 g/mol. The van der Waals surface area contributed by atoms with Crippen LogP contribution in [0.3, 0.4) is 0 Å². The van der Waals surface area contributed by atoms with Gasteiger partial charge in [0.05, 0.1) is 12.1 Å². The van der Waals surface area contributed by atoms with Gasteiger partial charge in [-0.05, 0) is 110 Å². The molecule has 52 heavy (non-hydrogen) atoms. The van der Waals surface area contributed by atoms with Gasteiger partial charge in [-0.15, -0.1) is 47.5 Å². The molecule has 7 nitrogen and oxygen atoms in total. The van der Waals surface area contributed by atoms with Crippen molar-refractivity contribution in [1.82, 2.24) is 14.4 Å². The highest BCUT2D eigenvalue weighted by Crippen LogP contribution is 2.32. The van der Waals surface area contributed by atoms with Crippen molar-refractivity contribution >= 4 is 89.9 Å². The summed E-state index contributed by atoms with van der Waals surface area (Å²) >= 11 is 3.64. The highest BCUT2D eigenvalue weighted by atomic mass is 35.5. The largest absolute Gasteiger partial charge is 0.494 e. The molecule has 2 aliphatic rings. The minimum Gasteiger partial charge on any atom is -0.494 e. The molecule has 0 saturated carbocycles. The molecule has 2 fully saturated rings. The average Bonchev–Trinajstić information content (AvgIpc) is 3.85. The number of hydrogen-bond donors (Lipinski definition) is 0. The molecule has 0 bridgehead atoms. The van der Waals surface area contributed by atoms with Crippen LogP contribution in [0.5, 0.6) is 5.75 Å². The Morgan fingerprint density at radius 1 is 0.577 bits per heavy atom. The Hall–Kier alpha value is -3.31. The van der Waals surface area contributed by atoms with E-state index < -0.39 is 0 Å². The summed E-state index contributed by atoms with van der Waals surface area (Å²) in [5.41, 5.74) is 3.79. The summed E-state index contributed by atoms with van der Waals surface area (Å²) < 4.78 is 10.9. The molecule has 3 aromatic heterocycles. The third-order valence-corrected chi connectivity index (χ3v) is 12.3. The van der Waals surface area contributed by atoms with Gasteiger partial charge in [0, 0.05) is 103 Å². The van der Waals surface area contributed by atoms with Crippen LogP contribution in [-0.4, -0.2) is 86.4 Å². The number of fused-ring (bicyclic) bond motifs is 3. The van der Waals surface area contributed by atoms with Crippen molar-refractivity contribution in [3.8, 4) is 5.75 Å². The van der Waals surface area contributed by atoms with Gasteiger partial charge in [0.2, 0.25) is 0 Å². The molecular formula is C41H49Cl2N5O2S2. The van der Waals surface area contributed by atoms with Crippen LogP contribution in [-0.2, 0) is 6.54 Å². The lowest BCUT2D eigenvalue weighted by Gasteiger charge is -2.36. The molecule has 0 atom stereocenters. The van der Waals surface area contributed by atoms with E-state index in [0.717, 1.165) is 114 Å². The summed E-state index contributed by atoms with van der Waals surface area (Å²) in [4.78, 5) is 23.2. The fourth-order valence-electron chi connectivity index (χ4n) is 7.75. The second kappa shape index (κ2) is 18.1. The molecule has 0 amide bonds. The number of unbranched alkanes of at least 4 members (excludes halogenated alkanes) is 2. The number of aromatic nitrogens is 1. The lowest BCUT2D eigenvalue weighted by molar-refractivity contribution is 0.239. The third kappa shape index (κ3) is 8.73. The number of hydrogen-bond acceptors (Lipinski definition) is 8. The van der Waals surface area contributed by atoms with Crippen LogP contribution in [0, 0.1) is 0 Å². The van der Waals surface area contributed by atoms with Crippen molar-refractivity contribution in [3.63, 3.8) is 0 Å². The van der Waals surface area contributed by atoms with Crippen molar-refractivity contribution in [1.29, 1.82) is 0 Å². The first-order valence-corrected chi connectivity index (χ1v) is 20.1. The quantitative estimate of drug-likeness (QED) is 0.109. The van der Waals surface area contributed by atoms with Gasteiger partial charge < -0.3 is 19.1 Å². The zero-order valence-corrected chi connectivity index (χ0v) is 32.9. The molecule has 11 heteroatoms. The van der Waals surface area contributed by atoms with Gasteiger partial charge in [0.25, 0.3) is 5.56 Å². The maximum Gasteiger partial charge on any atom is 0.251 e. The summed E-state index contributed by atoms with van der Waals surface area (Å²) in [6, 6.07) is 27.7. The Labute approximate surface area is 327 Å². The SMILES string of the molecule is Cl.Cl.O=c1ccc2ccc(OCCCCN3CCN(c4cccc5sccc45)CC3)cc2n1CCCCN1CCN(c2cccc3sccc23)CC1. The van der Waals surface area contributed by atoms with E-state index in [9.17, 15) is 4.79 Å². The van der Waals surface area contributed by atoms with E-state index in [1.165, 1.54) is 31.5 Å². The summed E-state index contributed by atoms with van der Waals surface area (Å²) in [5.74, 6) is 0.851. The molecule has 0 spiro atoms. The standard InChI is InChI=1S/C41H47N5O2S2.2ClH/c47-41-14-12-32-11-13-33(48-28-4-3-18-43-22-26-45(27-23-43)37-8-6-10-40-35(37)16-30-50-40)31-38(32)46(41)19-2-1-17-42-20-24-44(25-21-42)36-7-5-9-39-34(36)15-29-49-39;;/h5-16,29-31H,1-4,17-28H2;2*1H. The van der Waals surface area contributed by atoms with Gasteiger partial charge in [-0.1, -0.05) is 12.1 Å². The van der Waals surface area contributed by atoms with E-state index in [1.807, 2.05) is 39.4 Å². The minimum atomic E-state index is 0. The molecule has 3 aromatic carbocycles. The van der Waals surface area contributed by atoms with Crippen LogP contribution in [0.2, 0.25) is 0 Å². The minimum absolute atomic E-state index is 0. The summed E-state index contributed by atoms with van der Waals surface area (Å²) in [6.45, 7) is 12.3. The number of nitrogens with zero attached hydrogens (tertiary/aromatic N) is 5. The van der Waals surface area contributed by atoms with Crippen LogP contribution in [0.25, 0.3) is 31.1 Å². The molecule has 276 valence electrons. The Morgan fingerprint density at radius 3 is 1.71 bits per heavy atom. The fraction of sp³-hybridized carbons (Fsp3) is 0.390. The Kier molecular flexibility index (Phi) is 13.4. The van der Waals surface area contributed by atoms with E-state index in [1.54, 1.807) is 6.07 Å². The van der Waals surface area contributed by atoms with Gasteiger partial charge in [0.15, 0.2) is 0 Å². The third-order valence-electron chi connectivity index (χ3n) is 10.6. The molecule has 8 rings (SSSR count). The van der Waals surface area contributed by atoms with Crippen LogP contribution < -0.4 is 20.1 Å². The Morgan fingerprint density at radius 2 is 1.12 bits per heavy atom. The molecule has 0 N–H and O–H groups in total. The van der Waals surface area contributed by atoms with Gasteiger partial charge in [-0.2, -0.15) is 0 Å². The number of ether oxygens (including phenoxy) is 1. The number of piperazine rings is 2. The molecule has 2 aliphatic heterocycles. The summed E-state index contributed by atoms with van der Waals surface area (Å²) in [5, 5.41) is 8.24. The highest BCUT2D eigenvalue weighted by molar-refractivity contribution is 7.17. The van der Waals surface area contributed by atoms with Gasteiger partial charge >= 0.3 is 0 Å². The first-order chi connectivity index (χ1) is 24.7. The van der Waals surface area contributed by atoms with Crippen molar-refractivity contribution in [2.45, 2.75) is 32.2 Å². The zero-order valence-electron chi connectivity index (χ0n) is 29.7. The fourth-order valence-corrected chi connectivity index (χ4v) is 9.37. The smallest absolute Gasteiger partial charge is 0.251 e. The van der Waals surface area contributed by atoms with Crippen molar-refractivity contribution in [2.24, 2.45) is 0 Å². The van der Waals surface area contributed by atoms with Gasteiger partial charge in [-0.3, -0.25) is 14.6 Å². The van der Waals surface area contributed by atoms with E-state index in [0.29, 0.717) is 6.61 Å². The predicted molar refractivity (Wildman–Crippen MR) is 228 cm³/mol. The summed E-state index contributed by atoms with van der Waals surface area (Å²) in [7, 11) is 0. The van der Waals surface area contributed by atoms with Crippen LogP contribution in [0.4, 0.5) is 11.4 Å². The molecule has 0 aliphatic carbocycles. The second-order valence-electron chi connectivity index (χ2n) is 13.7. The summed E-state index contributed by atoms with van der Waals surface area (Å²) in [6.07, 6.45) is 4.21. The second-order valence-corrected chi connectivity index (χ2v) is 15.6. The number of rotatable bonds is 13. The van der Waals surface area contributed by atoms with Crippen LogP contribution in [0.15, 0.2) is 94.4 Å². The van der Waals surface area contributed by atoms with E-state index in [2.05, 4.69) is 91.0 Å². The van der Waals surface area contributed by atoms with Crippen LogP contribution >= 0.6 is 47.5 Å². The predicted octanol–water partition coefficient (Wildman–Crippen LogP) is 8.86. The zero-order chi connectivity index (χ0) is 33.7. The van der Waals surface area contributed by atoms with Crippen molar-refractivity contribution in [3.05, 3.63) is 100.0 Å². The van der Waals surface area contributed by atoms with Gasteiger partial charge in [0.1, 0.15) is 5.75 Å². The molecule has 2 saturated heterocycles. The highest BCUT2D eigenvalue weighted by Gasteiger charge is 2.20. The maximum absolute atomic E-state index is 13.0.